The van der Waals surface area contributed by atoms with Gasteiger partial charge < -0.3 is 9.84 Å². The summed E-state index contributed by atoms with van der Waals surface area (Å²) in [7, 11) is 0. The van der Waals surface area contributed by atoms with Gasteiger partial charge in [0.2, 0.25) is 0 Å². The number of aliphatic hydroxyl groups excluding tert-OH is 1. The lowest BCUT2D eigenvalue weighted by Gasteiger charge is -2.23. The van der Waals surface area contributed by atoms with Crippen LogP contribution in [0.1, 0.15) is 24.1 Å². The van der Waals surface area contributed by atoms with Crippen molar-refractivity contribution in [2.45, 2.75) is 13.0 Å². The molecule has 0 aliphatic carbocycles. The number of nitro groups is 1. The zero-order valence-electron chi connectivity index (χ0n) is 19.3. The molecule has 5 rings (SSSR count). The monoisotopic (exact) mass is 519 g/mol. The maximum absolute atomic E-state index is 13.8. The van der Waals surface area contributed by atoms with E-state index in [4.69, 9.17) is 4.74 Å². The number of ether oxygens (including phenoxy) is 1. The number of fused-ring (bicyclic) bond motifs is 1. The zero-order valence-corrected chi connectivity index (χ0v) is 20.1. The fraction of sp³-hybridized carbons (Fsp3) is 0.115. The number of aliphatic hydroxyl groups is 1. The molecule has 1 saturated heterocycles. The van der Waals surface area contributed by atoms with Gasteiger partial charge >= 0.3 is 5.91 Å². The van der Waals surface area contributed by atoms with Gasteiger partial charge in [-0.25, -0.2) is 9.37 Å². The van der Waals surface area contributed by atoms with Crippen molar-refractivity contribution < 1.29 is 28.7 Å². The molecule has 37 heavy (non-hydrogen) atoms. The van der Waals surface area contributed by atoms with E-state index in [1.54, 1.807) is 31.2 Å². The van der Waals surface area contributed by atoms with Gasteiger partial charge in [-0.3, -0.25) is 24.6 Å². The smallest absolute Gasteiger partial charge is 0.301 e. The number of hydrogen-bond acceptors (Lipinski definition) is 8. The maximum Gasteiger partial charge on any atom is 0.301 e. The normalized spacial score (nSPS) is 16.9. The van der Waals surface area contributed by atoms with Crippen LogP contribution in [0.4, 0.5) is 15.2 Å². The van der Waals surface area contributed by atoms with Crippen molar-refractivity contribution in [3.8, 4) is 5.75 Å². The number of nitrogens with zero attached hydrogens (tertiary/aromatic N) is 3. The number of halogens is 1. The van der Waals surface area contributed by atoms with Crippen LogP contribution in [0.3, 0.4) is 0 Å². The molecule has 4 aromatic rings. The second kappa shape index (κ2) is 9.43. The molecule has 0 bridgehead atoms. The van der Waals surface area contributed by atoms with Gasteiger partial charge in [0, 0.05) is 17.7 Å². The van der Waals surface area contributed by atoms with Gasteiger partial charge in [-0.2, -0.15) is 0 Å². The van der Waals surface area contributed by atoms with E-state index in [0.717, 1.165) is 16.2 Å². The third kappa shape index (κ3) is 4.29. The van der Waals surface area contributed by atoms with Gasteiger partial charge in [0.05, 0.1) is 33.4 Å². The number of non-ortho nitro benzene ring substituents is 1. The van der Waals surface area contributed by atoms with Gasteiger partial charge in [-0.15, -0.1) is 0 Å². The third-order valence-corrected chi connectivity index (χ3v) is 6.85. The molecular formula is C26H18FN3O6S. The second-order valence-electron chi connectivity index (χ2n) is 8.09. The van der Waals surface area contributed by atoms with Gasteiger partial charge in [0.15, 0.2) is 5.13 Å². The van der Waals surface area contributed by atoms with Gasteiger partial charge in [-0.05, 0) is 55.0 Å². The molecular weight excluding hydrogens is 501 g/mol. The first-order valence-corrected chi connectivity index (χ1v) is 11.9. The number of ketones is 1. The average molecular weight is 520 g/mol. The van der Waals surface area contributed by atoms with Crippen LogP contribution in [0.15, 0.2) is 72.3 Å². The van der Waals surface area contributed by atoms with Crippen LogP contribution in [0.2, 0.25) is 0 Å². The summed E-state index contributed by atoms with van der Waals surface area (Å²) in [6, 6.07) is 14.6. The molecule has 1 fully saturated rings. The summed E-state index contributed by atoms with van der Waals surface area (Å²) in [4.78, 5) is 42.8. The molecule has 11 heteroatoms. The van der Waals surface area contributed by atoms with E-state index in [0.29, 0.717) is 28.1 Å². The molecule has 0 spiro atoms. The van der Waals surface area contributed by atoms with Crippen molar-refractivity contribution in [1.82, 2.24) is 4.98 Å². The molecule has 0 radical (unpaired) electrons. The Kier molecular flexibility index (Phi) is 6.14. The van der Waals surface area contributed by atoms with E-state index in [1.807, 2.05) is 0 Å². The summed E-state index contributed by atoms with van der Waals surface area (Å²) >= 11 is 1.01. The molecule has 1 atom stereocenters. The summed E-state index contributed by atoms with van der Waals surface area (Å²) in [5.74, 6) is -2.34. The Bertz CT molecular complexity index is 1600. The molecule has 3 aromatic carbocycles. The molecule has 1 aliphatic heterocycles. The molecule has 9 nitrogen and oxygen atoms in total. The first-order chi connectivity index (χ1) is 17.8. The minimum atomic E-state index is -1.14. The van der Waals surface area contributed by atoms with Crippen LogP contribution < -0.4 is 9.64 Å². The number of carbonyl (C=O) groups excluding carboxylic acids is 2. The largest absolute Gasteiger partial charge is 0.507 e. The Labute approximate surface area is 213 Å². The average Bonchev–Trinajstić information content (AvgIpc) is 3.41. The molecule has 1 aromatic heterocycles. The quantitative estimate of drug-likeness (QED) is 0.119. The minimum Gasteiger partial charge on any atom is -0.507 e. The van der Waals surface area contributed by atoms with E-state index in [1.165, 1.54) is 42.5 Å². The van der Waals surface area contributed by atoms with Crippen molar-refractivity contribution in [2.75, 3.05) is 11.5 Å². The van der Waals surface area contributed by atoms with E-state index in [-0.39, 0.29) is 22.0 Å². The Morgan fingerprint density at radius 3 is 2.62 bits per heavy atom. The number of anilines is 1. The lowest BCUT2D eigenvalue weighted by atomic mass is 9.95. The number of amides is 1. The van der Waals surface area contributed by atoms with Crippen LogP contribution in [0, 0.1) is 15.9 Å². The van der Waals surface area contributed by atoms with Gasteiger partial charge in [-0.1, -0.05) is 23.5 Å². The SMILES string of the molecule is CCOc1cccc(C(O)=C2C(=O)C(=O)N(c3nc4ccc(F)cc4s3)C2c2ccc([N+](=O)[O-])cc2)c1. The maximum atomic E-state index is 13.8. The van der Waals surface area contributed by atoms with E-state index < -0.39 is 34.2 Å². The van der Waals surface area contributed by atoms with E-state index in [9.17, 15) is 29.2 Å². The summed E-state index contributed by atoms with van der Waals surface area (Å²) in [5.41, 5.74) is 0.633. The van der Waals surface area contributed by atoms with E-state index in [2.05, 4.69) is 4.98 Å². The predicted octanol–water partition coefficient (Wildman–Crippen LogP) is 5.37. The Balaban J connectivity index is 1.71. The van der Waals surface area contributed by atoms with Crippen LogP contribution in [0.25, 0.3) is 16.0 Å². The second-order valence-corrected chi connectivity index (χ2v) is 9.10. The molecule has 1 N–H and O–H groups in total. The van der Waals surface area contributed by atoms with Crippen molar-refractivity contribution in [3.05, 3.63) is 99.4 Å². The highest BCUT2D eigenvalue weighted by molar-refractivity contribution is 7.22. The fourth-order valence-corrected chi connectivity index (χ4v) is 5.19. The van der Waals surface area contributed by atoms with Crippen molar-refractivity contribution in [3.63, 3.8) is 0 Å². The highest BCUT2D eigenvalue weighted by atomic mass is 32.1. The number of aromatic nitrogens is 1. The number of hydrogen-bond donors (Lipinski definition) is 1. The van der Waals surface area contributed by atoms with Crippen LogP contribution in [0.5, 0.6) is 5.75 Å². The van der Waals surface area contributed by atoms with Crippen molar-refractivity contribution in [1.29, 1.82) is 0 Å². The lowest BCUT2D eigenvalue weighted by molar-refractivity contribution is -0.384. The van der Waals surface area contributed by atoms with Crippen molar-refractivity contribution in [2.24, 2.45) is 0 Å². The molecule has 186 valence electrons. The number of thiazole rings is 1. The molecule has 0 saturated carbocycles. The summed E-state index contributed by atoms with van der Waals surface area (Å²) < 4.78 is 19.7. The summed E-state index contributed by atoms with van der Waals surface area (Å²) in [6.45, 7) is 2.19. The Hall–Kier alpha value is -4.64. The lowest BCUT2D eigenvalue weighted by Crippen LogP contribution is -2.29. The molecule has 1 aliphatic rings. The topological polar surface area (TPSA) is 123 Å². The highest BCUT2D eigenvalue weighted by Gasteiger charge is 2.48. The molecule has 1 unspecified atom stereocenters. The number of rotatable bonds is 6. The minimum absolute atomic E-state index is 0.119. The third-order valence-electron chi connectivity index (χ3n) is 5.83. The van der Waals surface area contributed by atoms with Gasteiger partial charge in [0.25, 0.3) is 11.5 Å². The fourth-order valence-electron chi connectivity index (χ4n) is 4.17. The van der Waals surface area contributed by atoms with Crippen molar-refractivity contribution >= 4 is 49.8 Å². The Morgan fingerprint density at radius 1 is 1.16 bits per heavy atom. The van der Waals surface area contributed by atoms with Gasteiger partial charge in [0.1, 0.15) is 17.3 Å². The highest BCUT2D eigenvalue weighted by Crippen LogP contribution is 2.44. The first-order valence-electron chi connectivity index (χ1n) is 11.1. The molecule has 1 amide bonds. The number of carbonyl (C=O) groups is 2. The number of Topliss-reactive ketones (excluding diaryl/α,β-unsaturated/α-hetero) is 1. The molecule has 2 heterocycles. The number of benzene rings is 3. The predicted molar refractivity (Wildman–Crippen MR) is 135 cm³/mol. The number of nitro benzene ring substituents is 1. The summed E-state index contributed by atoms with van der Waals surface area (Å²) in [6.07, 6.45) is 0. The van der Waals surface area contributed by atoms with Crippen LogP contribution in [-0.2, 0) is 9.59 Å². The van der Waals surface area contributed by atoms with Crippen LogP contribution >= 0.6 is 11.3 Å². The first kappa shape index (κ1) is 24.1. The van der Waals surface area contributed by atoms with E-state index >= 15 is 0 Å². The zero-order chi connectivity index (χ0) is 26.3. The van der Waals surface area contributed by atoms with Crippen LogP contribution in [-0.4, -0.2) is 33.3 Å². The Morgan fingerprint density at radius 2 is 1.92 bits per heavy atom. The standard InChI is InChI=1S/C26H18FN3O6S/c1-2-36-18-5-3-4-15(12-18)23(31)21-22(14-6-9-17(10-7-14)30(34)35)29(25(33)24(21)32)26-28-19-11-8-16(27)13-20(19)37-26/h3-13,22,31H,2H2,1H3. The summed E-state index contributed by atoms with van der Waals surface area (Å²) in [5, 5.41) is 22.6.